The van der Waals surface area contributed by atoms with Crippen molar-refractivity contribution in [2.24, 2.45) is 5.41 Å². The topological polar surface area (TPSA) is 50.2 Å². The number of amides is 1. The predicted molar refractivity (Wildman–Crippen MR) is 105 cm³/mol. The standard InChI is InChI=1S/C20H21ClF4N4O/c1-19(3-2-4-19)10-17(30)26-18-14(21)7-12(8-15(18)22)28-5-6-29-13(11-28)9-16(27-29)20(23,24)25/h7-9H,2-6,10-11H2,1H3,(H,26,30). The second-order valence-corrected chi connectivity index (χ2v) is 8.74. The Balaban J connectivity index is 1.49. The number of carbonyl (C=O) groups excluding carboxylic acids is 1. The van der Waals surface area contributed by atoms with E-state index in [2.05, 4.69) is 10.4 Å². The van der Waals surface area contributed by atoms with E-state index in [1.54, 1.807) is 4.90 Å². The molecule has 30 heavy (non-hydrogen) atoms. The lowest BCUT2D eigenvalue weighted by atomic mass is 9.68. The van der Waals surface area contributed by atoms with Crippen LogP contribution in [0.15, 0.2) is 18.2 Å². The average Bonchev–Trinajstić information content (AvgIpc) is 3.07. The van der Waals surface area contributed by atoms with Gasteiger partial charge in [-0.2, -0.15) is 18.3 Å². The smallest absolute Gasteiger partial charge is 0.364 e. The Hall–Kier alpha value is -2.29. The lowest BCUT2D eigenvalue weighted by molar-refractivity contribution is -0.141. The summed E-state index contributed by atoms with van der Waals surface area (Å²) in [5.41, 5.74) is -0.242. The summed E-state index contributed by atoms with van der Waals surface area (Å²) in [4.78, 5) is 14.0. The Kier molecular flexibility index (Phi) is 5.20. The Labute approximate surface area is 176 Å². The number of hydrogen-bond donors (Lipinski definition) is 1. The van der Waals surface area contributed by atoms with Crippen molar-refractivity contribution in [2.45, 2.75) is 51.9 Å². The number of nitrogens with zero attached hydrogens (tertiary/aromatic N) is 3. The lowest BCUT2D eigenvalue weighted by Gasteiger charge is -2.37. The minimum absolute atomic E-state index is 0.0427. The molecule has 0 spiro atoms. The summed E-state index contributed by atoms with van der Waals surface area (Å²) in [5, 5.41) is 6.20. The van der Waals surface area contributed by atoms with Gasteiger partial charge in [-0.05, 0) is 36.5 Å². The summed E-state index contributed by atoms with van der Waals surface area (Å²) in [7, 11) is 0. The molecule has 1 aromatic heterocycles. The molecule has 2 heterocycles. The highest BCUT2D eigenvalue weighted by molar-refractivity contribution is 6.34. The number of carbonyl (C=O) groups is 1. The average molecular weight is 445 g/mol. The van der Waals surface area contributed by atoms with E-state index in [9.17, 15) is 22.4 Å². The summed E-state index contributed by atoms with van der Waals surface area (Å²) >= 11 is 6.23. The van der Waals surface area contributed by atoms with E-state index in [0.29, 0.717) is 24.3 Å². The molecule has 4 rings (SSSR count). The first-order valence-corrected chi connectivity index (χ1v) is 10.1. The van der Waals surface area contributed by atoms with Gasteiger partial charge in [-0.25, -0.2) is 4.39 Å². The van der Waals surface area contributed by atoms with Crippen LogP contribution in [0.3, 0.4) is 0 Å². The van der Waals surface area contributed by atoms with E-state index in [0.717, 1.165) is 25.3 Å². The van der Waals surface area contributed by atoms with Crippen LogP contribution in [0.1, 0.15) is 44.0 Å². The Morgan fingerprint density at radius 2 is 2.00 bits per heavy atom. The van der Waals surface area contributed by atoms with Crippen molar-refractivity contribution < 1.29 is 22.4 Å². The van der Waals surface area contributed by atoms with Gasteiger partial charge in [0.15, 0.2) is 5.69 Å². The van der Waals surface area contributed by atoms with Gasteiger partial charge < -0.3 is 10.2 Å². The van der Waals surface area contributed by atoms with E-state index < -0.39 is 17.7 Å². The third-order valence-corrected chi connectivity index (χ3v) is 6.19. The van der Waals surface area contributed by atoms with E-state index in [4.69, 9.17) is 11.6 Å². The summed E-state index contributed by atoms with van der Waals surface area (Å²) in [6.07, 6.45) is -1.18. The van der Waals surface area contributed by atoms with Crippen LogP contribution in [0, 0.1) is 11.2 Å². The highest BCUT2D eigenvalue weighted by Gasteiger charge is 2.36. The van der Waals surface area contributed by atoms with Crippen LogP contribution in [-0.4, -0.2) is 22.2 Å². The molecule has 0 saturated heterocycles. The molecule has 0 atom stereocenters. The van der Waals surface area contributed by atoms with Crippen molar-refractivity contribution in [3.8, 4) is 0 Å². The van der Waals surface area contributed by atoms with Crippen LogP contribution >= 0.6 is 11.6 Å². The van der Waals surface area contributed by atoms with Gasteiger partial charge in [-0.15, -0.1) is 0 Å². The van der Waals surface area contributed by atoms with Gasteiger partial charge in [0.25, 0.3) is 0 Å². The van der Waals surface area contributed by atoms with Gasteiger partial charge in [0.05, 0.1) is 29.5 Å². The molecule has 2 aromatic rings. The summed E-state index contributed by atoms with van der Waals surface area (Å²) < 4.78 is 54.7. The van der Waals surface area contributed by atoms with Gasteiger partial charge in [-0.1, -0.05) is 24.9 Å². The molecule has 5 nitrogen and oxygen atoms in total. The quantitative estimate of drug-likeness (QED) is 0.657. The van der Waals surface area contributed by atoms with Crippen molar-refractivity contribution in [1.82, 2.24) is 9.78 Å². The zero-order valence-corrected chi connectivity index (χ0v) is 17.1. The summed E-state index contributed by atoms with van der Waals surface area (Å²) in [6.45, 7) is 2.76. The third-order valence-electron chi connectivity index (χ3n) is 5.89. The van der Waals surface area contributed by atoms with E-state index in [1.807, 2.05) is 6.92 Å². The zero-order chi connectivity index (χ0) is 21.7. The largest absolute Gasteiger partial charge is 0.435 e. The molecule has 1 N–H and O–H groups in total. The first kappa shape index (κ1) is 21.0. The van der Waals surface area contributed by atoms with Gasteiger partial charge in [0, 0.05) is 18.7 Å². The highest BCUT2D eigenvalue weighted by Crippen LogP contribution is 2.43. The number of aromatic nitrogens is 2. The molecule has 1 saturated carbocycles. The molecule has 2 aliphatic rings. The fourth-order valence-electron chi connectivity index (χ4n) is 4.02. The number of rotatable bonds is 4. The number of nitrogens with one attached hydrogen (secondary N) is 1. The molecule has 10 heteroatoms. The predicted octanol–water partition coefficient (Wildman–Crippen LogP) is 5.23. The van der Waals surface area contributed by atoms with Crippen LogP contribution in [0.4, 0.5) is 28.9 Å². The fraction of sp³-hybridized carbons (Fsp3) is 0.500. The van der Waals surface area contributed by atoms with Crippen molar-refractivity contribution in [3.05, 3.63) is 40.4 Å². The molecule has 0 radical (unpaired) electrons. The molecule has 1 aliphatic heterocycles. The van der Waals surface area contributed by atoms with Crippen molar-refractivity contribution >= 4 is 28.9 Å². The SMILES string of the molecule is CC1(CC(=O)Nc2c(F)cc(N3CCn4nc(C(F)(F)F)cc4C3)cc2Cl)CCC1. The number of fused-ring (bicyclic) bond motifs is 1. The molecule has 0 unspecified atom stereocenters. The van der Waals surface area contributed by atoms with Crippen LogP contribution in [0.2, 0.25) is 5.02 Å². The summed E-state index contributed by atoms with van der Waals surface area (Å²) in [6, 6.07) is 3.75. The van der Waals surface area contributed by atoms with E-state index in [1.165, 1.54) is 16.8 Å². The zero-order valence-electron chi connectivity index (χ0n) is 16.3. The second kappa shape index (κ2) is 7.44. The maximum Gasteiger partial charge on any atom is 0.435 e. The van der Waals surface area contributed by atoms with Crippen LogP contribution in [0.25, 0.3) is 0 Å². The molecular weight excluding hydrogens is 424 g/mol. The van der Waals surface area contributed by atoms with Gasteiger partial charge in [-0.3, -0.25) is 9.48 Å². The molecule has 1 amide bonds. The van der Waals surface area contributed by atoms with Crippen molar-refractivity contribution in [1.29, 1.82) is 0 Å². The van der Waals surface area contributed by atoms with Crippen LogP contribution < -0.4 is 10.2 Å². The van der Waals surface area contributed by atoms with Crippen LogP contribution in [0.5, 0.6) is 0 Å². The van der Waals surface area contributed by atoms with Gasteiger partial charge in [0.2, 0.25) is 5.91 Å². The first-order valence-electron chi connectivity index (χ1n) is 9.72. The van der Waals surface area contributed by atoms with Crippen molar-refractivity contribution in [2.75, 3.05) is 16.8 Å². The van der Waals surface area contributed by atoms with Crippen LogP contribution in [-0.2, 0) is 24.1 Å². The van der Waals surface area contributed by atoms with Gasteiger partial charge in [0.1, 0.15) is 5.82 Å². The maximum absolute atomic E-state index is 14.7. The fourth-order valence-corrected chi connectivity index (χ4v) is 4.26. The Bertz CT molecular complexity index is 961. The van der Waals surface area contributed by atoms with E-state index >= 15 is 0 Å². The third kappa shape index (κ3) is 4.12. The Morgan fingerprint density at radius 3 is 2.60 bits per heavy atom. The number of anilines is 2. The molecular formula is C20H21ClF4N4O. The van der Waals surface area contributed by atoms with E-state index in [-0.39, 0.29) is 35.1 Å². The lowest BCUT2D eigenvalue weighted by Crippen LogP contribution is -2.34. The minimum atomic E-state index is -4.51. The number of hydrogen-bond acceptors (Lipinski definition) is 3. The molecule has 1 aliphatic carbocycles. The molecule has 0 bridgehead atoms. The number of benzene rings is 1. The summed E-state index contributed by atoms with van der Waals surface area (Å²) in [5.74, 6) is -0.966. The first-order chi connectivity index (χ1) is 14.0. The van der Waals surface area contributed by atoms with Crippen molar-refractivity contribution in [3.63, 3.8) is 0 Å². The second-order valence-electron chi connectivity index (χ2n) is 8.34. The highest BCUT2D eigenvalue weighted by atomic mass is 35.5. The maximum atomic E-state index is 14.7. The molecule has 1 aromatic carbocycles. The molecule has 162 valence electrons. The number of alkyl halides is 3. The van der Waals surface area contributed by atoms with Gasteiger partial charge >= 0.3 is 6.18 Å². The normalized spacial score (nSPS) is 18.0. The molecule has 1 fully saturated rings. The monoisotopic (exact) mass is 444 g/mol. The number of halogens is 5. The minimum Gasteiger partial charge on any atom is -0.364 e. The Morgan fingerprint density at radius 1 is 1.27 bits per heavy atom.